The first-order valence-corrected chi connectivity index (χ1v) is 7.11. The lowest BCUT2D eigenvalue weighted by Gasteiger charge is -2.39. The van der Waals surface area contributed by atoms with E-state index in [1.54, 1.807) is 5.69 Å². The predicted octanol–water partition coefficient (Wildman–Crippen LogP) is 2.08. The Balaban J connectivity index is 1.60. The van der Waals surface area contributed by atoms with E-state index in [1.807, 2.05) is 0 Å². The van der Waals surface area contributed by atoms with Gasteiger partial charge in [0, 0.05) is 31.2 Å². The second kappa shape index (κ2) is 3.58. The Morgan fingerprint density at radius 2 is 2.29 bits per heavy atom. The maximum absolute atomic E-state index is 4.75. The van der Waals surface area contributed by atoms with Gasteiger partial charge in [-0.15, -0.1) is 0 Å². The van der Waals surface area contributed by atoms with E-state index in [9.17, 15) is 0 Å². The number of nitrogens with one attached hydrogen (secondary N) is 1. The van der Waals surface area contributed by atoms with Gasteiger partial charge in [-0.3, -0.25) is 0 Å². The first-order chi connectivity index (χ1) is 8.36. The molecule has 17 heavy (non-hydrogen) atoms. The molecule has 2 fully saturated rings. The van der Waals surface area contributed by atoms with Crippen molar-refractivity contribution in [1.29, 1.82) is 0 Å². The average molecular weight is 231 g/mol. The molecule has 3 nitrogen and oxygen atoms in total. The standard InChI is InChI=1S/C14H21N3/c1-2-6-17-10-16-13(12(17)3-1)11-4-5-14(7-11)8-15-9-14/h10-11,15H,1-9H2. The van der Waals surface area contributed by atoms with E-state index >= 15 is 0 Å². The number of nitrogens with zero attached hydrogens (tertiary/aromatic N) is 2. The topological polar surface area (TPSA) is 29.9 Å². The maximum atomic E-state index is 4.75. The fraction of sp³-hybridized carbons (Fsp3) is 0.786. The van der Waals surface area contributed by atoms with Crippen LogP contribution < -0.4 is 5.32 Å². The average Bonchev–Trinajstić information content (AvgIpc) is 2.92. The van der Waals surface area contributed by atoms with E-state index < -0.39 is 0 Å². The summed E-state index contributed by atoms with van der Waals surface area (Å²) in [7, 11) is 0. The lowest BCUT2D eigenvalue weighted by molar-refractivity contribution is 0.175. The molecule has 3 heterocycles. The summed E-state index contributed by atoms with van der Waals surface area (Å²) in [6.07, 6.45) is 10.2. The van der Waals surface area contributed by atoms with Gasteiger partial charge in [0.25, 0.3) is 0 Å². The summed E-state index contributed by atoms with van der Waals surface area (Å²) in [5.74, 6) is 0.756. The molecule has 1 spiro atoms. The zero-order chi connectivity index (χ0) is 11.3. The van der Waals surface area contributed by atoms with E-state index in [2.05, 4.69) is 16.2 Å². The fourth-order valence-corrected chi connectivity index (χ4v) is 4.04. The van der Waals surface area contributed by atoms with Crippen molar-refractivity contribution in [3.05, 3.63) is 17.7 Å². The first kappa shape index (κ1) is 10.1. The van der Waals surface area contributed by atoms with Crippen LogP contribution in [-0.2, 0) is 13.0 Å². The molecule has 4 rings (SSSR count). The zero-order valence-corrected chi connectivity index (χ0v) is 10.4. The minimum atomic E-state index is 0.649. The van der Waals surface area contributed by atoms with Crippen LogP contribution in [0.4, 0.5) is 0 Å². The number of imidazole rings is 1. The summed E-state index contributed by atoms with van der Waals surface area (Å²) in [5, 5.41) is 3.45. The maximum Gasteiger partial charge on any atom is 0.0951 e. The third-order valence-electron chi connectivity index (χ3n) is 5.13. The lowest BCUT2D eigenvalue weighted by Crippen LogP contribution is -2.51. The van der Waals surface area contributed by atoms with Crippen molar-refractivity contribution in [2.75, 3.05) is 13.1 Å². The van der Waals surface area contributed by atoms with Crippen molar-refractivity contribution in [2.45, 2.75) is 51.0 Å². The Morgan fingerprint density at radius 3 is 3.06 bits per heavy atom. The first-order valence-electron chi connectivity index (χ1n) is 7.11. The number of aromatic nitrogens is 2. The van der Waals surface area contributed by atoms with Crippen LogP contribution >= 0.6 is 0 Å². The number of aryl methyl sites for hydroxylation is 1. The van der Waals surface area contributed by atoms with E-state index in [0.29, 0.717) is 5.41 Å². The molecule has 1 saturated carbocycles. The van der Waals surface area contributed by atoms with Crippen molar-refractivity contribution in [3.63, 3.8) is 0 Å². The highest BCUT2D eigenvalue weighted by Gasteiger charge is 2.45. The second-order valence-electron chi connectivity index (χ2n) is 6.27. The molecule has 3 heteroatoms. The monoisotopic (exact) mass is 231 g/mol. The van der Waals surface area contributed by atoms with Gasteiger partial charge in [-0.25, -0.2) is 4.98 Å². The van der Waals surface area contributed by atoms with Crippen molar-refractivity contribution in [3.8, 4) is 0 Å². The van der Waals surface area contributed by atoms with E-state index in [1.165, 1.54) is 63.9 Å². The van der Waals surface area contributed by atoms with Gasteiger partial charge in [-0.1, -0.05) is 0 Å². The minimum Gasteiger partial charge on any atom is -0.334 e. The third-order valence-corrected chi connectivity index (χ3v) is 5.13. The molecule has 0 amide bonds. The van der Waals surface area contributed by atoms with Crippen LogP contribution in [0.1, 0.15) is 49.4 Å². The molecule has 0 radical (unpaired) electrons. The summed E-state index contributed by atoms with van der Waals surface area (Å²) in [6.45, 7) is 3.70. The molecule has 1 aromatic rings. The Morgan fingerprint density at radius 1 is 1.35 bits per heavy atom. The highest BCUT2D eigenvalue weighted by Crippen LogP contribution is 2.49. The van der Waals surface area contributed by atoms with Crippen LogP contribution in [0, 0.1) is 5.41 Å². The predicted molar refractivity (Wildman–Crippen MR) is 67.1 cm³/mol. The number of fused-ring (bicyclic) bond motifs is 1. The van der Waals surface area contributed by atoms with Gasteiger partial charge in [-0.2, -0.15) is 0 Å². The molecule has 1 N–H and O–H groups in total. The largest absolute Gasteiger partial charge is 0.334 e. The molecule has 1 aromatic heterocycles. The quantitative estimate of drug-likeness (QED) is 0.802. The van der Waals surface area contributed by atoms with Crippen molar-refractivity contribution in [2.24, 2.45) is 5.41 Å². The van der Waals surface area contributed by atoms with Gasteiger partial charge in [0.15, 0.2) is 0 Å². The SMILES string of the molecule is c1nc(C2CCC3(CNC3)C2)c2n1CCCC2. The number of hydrogen-bond acceptors (Lipinski definition) is 2. The number of hydrogen-bond donors (Lipinski definition) is 1. The van der Waals surface area contributed by atoms with Gasteiger partial charge in [-0.05, 0) is 43.9 Å². The third kappa shape index (κ3) is 1.48. The van der Waals surface area contributed by atoms with Crippen LogP contribution in [-0.4, -0.2) is 22.6 Å². The Labute approximate surface area is 103 Å². The van der Waals surface area contributed by atoms with Gasteiger partial charge in [0.2, 0.25) is 0 Å². The van der Waals surface area contributed by atoms with Crippen LogP contribution in [0.2, 0.25) is 0 Å². The highest BCUT2D eigenvalue weighted by molar-refractivity contribution is 5.22. The summed E-state index contributed by atoms with van der Waals surface area (Å²) in [5.41, 5.74) is 3.66. The fourth-order valence-electron chi connectivity index (χ4n) is 4.04. The molecule has 1 aliphatic carbocycles. The molecule has 3 aliphatic rings. The van der Waals surface area contributed by atoms with E-state index in [-0.39, 0.29) is 0 Å². The normalized spacial score (nSPS) is 30.2. The molecule has 1 saturated heterocycles. The smallest absolute Gasteiger partial charge is 0.0951 e. The van der Waals surface area contributed by atoms with Gasteiger partial charge in [0.05, 0.1) is 12.0 Å². The lowest BCUT2D eigenvalue weighted by atomic mass is 9.79. The molecule has 0 aromatic carbocycles. The van der Waals surface area contributed by atoms with Crippen molar-refractivity contribution in [1.82, 2.24) is 14.9 Å². The molecule has 92 valence electrons. The molecular weight excluding hydrogens is 210 g/mol. The number of rotatable bonds is 1. The second-order valence-corrected chi connectivity index (χ2v) is 6.27. The summed E-state index contributed by atoms with van der Waals surface area (Å²) in [4.78, 5) is 4.75. The zero-order valence-electron chi connectivity index (χ0n) is 10.4. The Bertz CT molecular complexity index is 431. The molecule has 1 unspecified atom stereocenters. The van der Waals surface area contributed by atoms with Crippen molar-refractivity contribution < 1.29 is 0 Å². The molecule has 1 atom stereocenters. The molecule has 2 aliphatic heterocycles. The van der Waals surface area contributed by atoms with Gasteiger partial charge < -0.3 is 9.88 Å². The van der Waals surface area contributed by atoms with Crippen LogP contribution in [0.5, 0.6) is 0 Å². The molecule has 0 bridgehead atoms. The Hall–Kier alpha value is -0.830. The van der Waals surface area contributed by atoms with Gasteiger partial charge >= 0.3 is 0 Å². The van der Waals surface area contributed by atoms with Crippen LogP contribution in [0.15, 0.2) is 6.33 Å². The van der Waals surface area contributed by atoms with E-state index in [0.717, 1.165) is 5.92 Å². The van der Waals surface area contributed by atoms with Gasteiger partial charge in [0.1, 0.15) is 0 Å². The highest BCUT2D eigenvalue weighted by atomic mass is 15.1. The minimum absolute atomic E-state index is 0.649. The summed E-state index contributed by atoms with van der Waals surface area (Å²) in [6, 6.07) is 0. The van der Waals surface area contributed by atoms with Crippen LogP contribution in [0.3, 0.4) is 0 Å². The summed E-state index contributed by atoms with van der Waals surface area (Å²) >= 11 is 0. The Kier molecular flexibility index (Phi) is 2.13. The molecular formula is C14H21N3. The summed E-state index contributed by atoms with van der Waals surface area (Å²) < 4.78 is 2.41. The van der Waals surface area contributed by atoms with Crippen LogP contribution in [0.25, 0.3) is 0 Å². The van der Waals surface area contributed by atoms with Crippen molar-refractivity contribution >= 4 is 0 Å². The van der Waals surface area contributed by atoms with E-state index in [4.69, 9.17) is 4.98 Å².